The molecule has 4 heterocycles. The highest BCUT2D eigenvalue weighted by molar-refractivity contribution is 7.15. The van der Waals surface area contributed by atoms with Gasteiger partial charge in [-0.3, -0.25) is 14.3 Å². The zero-order chi connectivity index (χ0) is 25.6. The highest BCUT2D eigenvalue weighted by atomic mass is 32.1. The van der Waals surface area contributed by atoms with Gasteiger partial charge in [-0.25, -0.2) is 18.6 Å². The van der Waals surface area contributed by atoms with Crippen molar-refractivity contribution in [1.82, 2.24) is 29.2 Å². The number of ether oxygens (including phenoxy) is 1. The van der Waals surface area contributed by atoms with Crippen LogP contribution >= 0.6 is 11.3 Å². The number of hydrogen-bond acceptors (Lipinski definition) is 8. The Labute approximate surface area is 207 Å². The van der Waals surface area contributed by atoms with Gasteiger partial charge >= 0.3 is 5.69 Å². The van der Waals surface area contributed by atoms with Crippen LogP contribution in [-0.2, 0) is 6.54 Å². The van der Waals surface area contributed by atoms with Crippen LogP contribution in [0.5, 0.6) is 10.8 Å². The highest BCUT2D eigenvalue weighted by Crippen LogP contribution is 2.34. The molecule has 0 radical (unpaired) electrons. The third-order valence-corrected chi connectivity index (χ3v) is 6.56. The lowest BCUT2D eigenvalue weighted by atomic mass is 9.97. The summed E-state index contributed by atoms with van der Waals surface area (Å²) in [6.07, 6.45) is 2.64. The van der Waals surface area contributed by atoms with Gasteiger partial charge in [-0.05, 0) is 38.1 Å². The van der Waals surface area contributed by atoms with Crippen molar-refractivity contribution in [3.05, 3.63) is 81.4 Å². The number of aliphatic hydroxyl groups is 1. The van der Waals surface area contributed by atoms with Crippen LogP contribution in [-0.4, -0.2) is 58.9 Å². The van der Waals surface area contributed by atoms with E-state index in [0.29, 0.717) is 5.69 Å². The smallest absolute Gasteiger partial charge is 0.350 e. The minimum absolute atomic E-state index is 0.0753. The summed E-state index contributed by atoms with van der Waals surface area (Å²) in [5, 5.41) is 14.3. The predicted octanol–water partition coefficient (Wildman–Crippen LogP) is 2.52. The molecule has 1 amide bonds. The van der Waals surface area contributed by atoms with E-state index in [9.17, 15) is 23.5 Å². The van der Waals surface area contributed by atoms with Crippen LogP contribution in [0, 0.1) is 18.6 Å². The van der Waals surface area contributed by atoms with Crippen molar-refractivity contribution in [2.24, 2.45) is 0 Å². The molecule has 0 unspecified atom stereocenters. The number of aromatic nitrogens is 5. The molecule has 3 aromatic heterocycles. The number of nitrogens with zero attached hydrogens (tertiary/aromatic N) is 6. The molecule has 0 spiro atoms. The molecule has 0 bridgehead atoms. The van der Waals surface area contributed by atoms with Crippen molar-refractivity contribution in [2.45, 2.75) is 26.0 Å². The van der Waals surface area contributed by atoms with Crippen molar-refractivity contribution in [2.75, 3.05) is 13.1 Å². The van der Waals surface area contributed by atoms with Gasteiger partial charge in [-0.2, -0.15) is 9.78 Å². The molecule has 0 atom stereocenters. The quantitative estimate of drug-likeness (QED) is 0.420. The first-order chi connectivity index (χ1) is 17.1. The fourth-order valence-corrected chi connectivity index (χ4v) is 4.64. The number of rotatable bonds is 6. The van der Waals surface area contributed by atoms with Gasteiger partial charge in [0.2, 0.25) is 5.06 Å². The second-order valence-corrected chi connectivity index (χ2v) is 9.61. The fraction of sp³-hybridized carbons (Fsp3) is 0.261. The van der Waals surface area contributed by atoms with E-state index < -0.39 is 22.9 Å². The lowest BCUT2D eigenvalue weighted by Gasteiger charge is -2.43. The van der Waals surface area contributed by atoms with Gasteiger partial charge in [0.1, 0.15) is 12.1 Å². The number of likely N-dealkylation sites (tertiary alicyclic amines) is 1. The van der Waals surface area contributed by atoms with E-state index in [2.05, 4.69) is 15.1 Å². The summed E-state index contributed by atoms with van der Waals surface area (Å²) in [6, 6.07) is 6.55. The molecule has 1 saturated heterocycles. The first-order valence-electron chi connectivity index (χ1n) is 10.8. The standard InChI is InChI=1S/C23H20F2N6O4S/c1-13-21(36-19(28-13)20(32)30-10-23(2,34)11-30)35-18-6-5-14(8-16(18)25)31-22(33)29(12-27-31)9-17-15(24)4-3-7-26-17/h3-8,12,34H,9-11H2,1-2H3. The van der Waals surface area contributed by atoms with Gasteiger partial charge in [-0.15, -0.1) is 0 Å². The van der Waals surface area contributed by atoms with Crippen LogP contribution in [0.4, 0.5) is 8.78 Å². The maximum absolute atomic E-state index is 14.9. The van der Waals surface area contributed by atoms with E-state index in [1.807, 2.05) is 0 Å². The van der Waals surface area contributed by atoms with Crippen LogP contribution in [0.3, 0.4) is 0 Å². The van der Waals surface area contributed by atoms with Gasteiger partial charge in [0.15, 0.2) is 16.6 Å². The lowest BCUT2D eigenvalue weighted by Crippen LogP contribution is -2.61. The molecule has 186 valence electrons. The molecule has 36 heavy (non-hydrogen) atoms. The van der Waals surface area contributed by atoms with E-state index in [1.165, 1.54) is 41.7 Å². The molecule has 4 aromatic rings. The van der Waals surface area contributed by atoms with Crippen LogP contribution in [0.1, 0.15) is 28.1 Å². The molecule has 0 aliphatic carbocycles. The molecular weight excluding hydrogens is 494 g/mol. The number of halogens is 2. The number of carbonyl (C=O) groups is 1. The van der Waals surface area contributed by atoms with Gasteiger partial charge in [0.05, 0.1) is 42.3 Å². The SMILES string of the molecule is Cc1nc(C(=O)N2CC(C)(O)C2)sc1Oc1ccc(-n2ncn(Cc3ncccc3F)c2=O)cc1F. The van der Waals surface area contributed by atoms with E-state index in [1.54, 1.807) is 13.8 Å². The number of thiazole rings is 1. The number of aryl methyl sites for hydroxylation is 1. The van der Waals surface area contributed by atoms with Gasteiger partial charge in [0, 0.05) is 12.3 Å². The summed E-state index contributed by atoms with van der Waals surface area (Å²) < 4.78 is 36.5. The Morgan fingerprint density at radius 2 is 2.03 bits per heavy atom. The lowest BCUT2D eigenvalue weighted by molar-refractivity contribution is -0.0668. The molecule has 1 aliphatic rings. The minimum atomic E-state index is -0.904. The Kier molecular flexibility index (Phi) is 5.88. The second-order valence-electron chi connectivity index (χ2n) is 8.65. The zero-order valence-electron chi connectivity index (χ0n) is 19.2. The van der Waals surface area contributed by atoms with Gasteiger partial charge < -0.3 is 14.7 Å². The van der Waals surface area contributed by atoms with Crippen molar-refractivity contribution in [3.8, 4) is 16.5 Å². The minimum Gasteiger partial charge on any atom is -0.442 e. The second kappa shape index (κ2) is 8.91. The molecule has 1 aromatic carbocycles. The molecule has 13 heteroatoms. The molecular formula is C23H20F2N6O4S. The summed E-state index contributed by atoms with van der Waals surface area (Å²) >= 11 is 0.977. The third-order valence-electron chi connectivity index (χ3n) is 5.54. The number of amides is 1. The summed E-state index contributed by atoms with van der Waals surface area (Å²) in [4.78, 5) is 34.8. The molecule has 0 saturated carbocycles. The molecule has 1 aliphatic heterocycles. The number of β-amino-alcohol motifs (C(OH)–C–C–N with tert-alkyl or cyclic N) is 1. The Morgan fingerprint density at radius 1 is 1.25 bits per heavy atom. The first-order valence-corrected chi connectivity index (χ1v) is 11.6. The zero-order valence-corrected chi connectivity index (χ0v) is 20.0. The number of benzene rings is 1. The van der Waals surface area contributed by atoms with Crippen molar-refractivity contribution in [1.29, 1.82) is 0 Å². The Bertz CT molecular complexity index is 1520. The topological polar surface area (TPSA) is 115 Å². The number of pyridine rings is 1. The Morgan fingerprint density at radius 3 is 2.72 bits per heavy atom. The Hall–Kier alpha value is -3.97. The number of carbonyl (C=O) groups excluding carboxylic acids is 1. The van der Waals surface area contributed by atoms with Crippen LogP contribution < -0.4 is 10.4 Å². The monoisotopic (exact) mass is 514 g/mol. The highest BCUT2D eigenvalue weighted by Gasteiger charge is 2.40. The summed E-state index contributed by atoms with van der Waals surface area (Å²) in [5.74, 6) is -1.77. The molecule has 5 rings (SSSR count). The summed E-state index contributed by atoms with van der Waals surface area (Å²) in [6.45, 7) is 3.57. The van der Waals surface area contributed by atoms with Gasteiger partial charge in [0.25, 0.3) is 5.91 Å². The molecule has 1 N–H and O–H groups in total. The van der Waals surface area contributed by atoms with E-state index in [-0.39, 0.29) is 52.7 Å². The molecule has 1 fully saturated rings. The van der Waals surface area contributed by atoms with Crippen LogP contribution in [0.25, 0.3) is 5.69 Å². The average Bonchev–Trinajstić information content (AvgIpc) is 3.37. The first kappa shape index (κ1) is 23.8. The molecule has 10 nitrogen and oxygen atoms in total. The summed E-state index contributed by atoms with van der Waals surface area (Å²) in [5.41, 5.74) is -0.868. The van der Waals surface area contributed by atoms with Crippen LogP contribution in [0.15, 0.2) is 47.7 Å². The normalized spacial score (nSPS) is 14.5. The largest absolute Gasteiger partial charge is 0.442 e. The van der Waals surface area contributed by atoms with Crippen molar-refractivity contribution in [3.63, 3.8) is 0 Å². The van der Waals surface area contributed by atoms with Crippen molar-refractivity contribution < 1.29 is 23.4 Å². The predicted molar refractivity (Wildman–Crippen MR) is 125 cm³/mol. The van der Waals surface area contributed by atoms with Crippen LogP contribution in [0.2, 0.25) is 0 Å². The fourth-order valence-electron chi connectivity index (χ4n) is 3.74. The maximum Gasteiger partial charge on any atom is 0.350 e. The number of hydrogen-bond donors (Lipinski definition) is 1. The summed E-state index contributed by atoms with van der Waals surface area (Å²) in [7, 11) is 0. The average molecular weight is 515 g/mol. The van der Waals surface area contributed by atoms with E-state index >= 15 is 0 Å². The maximum atomic E-state index is 14.9. The third kappa shape index (κ3) is 4.50. The Balaban J connectivity index is 1.33. The van der Waals surface area contributed by atoms with Crippen molar-refractivity contribution >= 4 is 17.2 Å². The van der Waals surface area contributed by atoms with Gasteiger partial charge in [-0.1, -0.05) is 11.3 Å². The van der Waals surface area contributed by atoms with E-state index in [0.717, 1.165) is 26.7 Å². The van der Waals surface area contributed by atoms with E-state index in [4.69, 9.17) is 4.74 Å².